The second kappa shape index (κ2) is 7.92. The Morgan fingerprint density at radius 2 is 2.22 bits per heavy atom. The van der Waals surface area contributed by atoms with Crippen molar-refractivity contribution in [2.45, 2.75) is 50.1 Å². The van der Waals surface area contributed by atoms with Crippen molar-refractivity contribution in [1.82, 2.24) is 30.4 Å². The van der Waals surface area contributed by atoms with Crippen molar-refractivity contribution >= 4 is 29.4 Å². The Morgan fingerprint density at radius 1 is 1.44 bits per heavy atom. The highest BCUT2D eigenvalue weighted by atomic mass is 32.2. The quantitative estimate of drug-likeness (QED) is 0.504. The second-order valence-corrected chi connectivity index (χ2v) is 10.6. The van der Waals surface area contributed by atoms with Gasteiger partial charge < -0.3 is 20.1 Å². The van der Waals surface area contributed by atoms with Gasteiger partial charge in [0.1, 0.15) is 18.6 Å². The number of hydrogen-bond acceptors (Lipinski definition) is 9. The summed E-state index contributed by atoms with van der Waals surface area (Å²) in [5.74, 6) is -2.02. The Balaban J connectivity index is 1.28. The van der Waals surface area contributed by atoms with Gasteiger partial charge in [-0.2, -0.15) is 0 Å². The number of aliphatic carboxylic acids is 1. The number of ketones is 1. The molecule has 2 N–H and O–H groups in total. The number of ether oxygens (including phenoxy) is 1. The molecule has 1 aromatic heterocycles. The lowest BCUT2D eigenvalue weighted by molar-refractivity contribution is -0.160. The SMILES string of the molecule is C[C@@H](CC(=O)Cn1cnnn1)[C@H]1C(=O)N2C(C(=O)O)=C(SC3COC4(CNC4)C3)[C@H](C)[C@H]12. The number of carboxylic acid groups (broad SMARTS) is 1. The fraction of sp³-hybridized carbons (Fsp3) is 0.700. The van der Waals surface area contributed by atoms with E-state index in [-0.39, 0.29) is 65.0 Å². The molecule has 0 aliphatic carbocycles. The third-order valence-corrected chi connectivity index (χ3v) is 8.50. The van der Waals surface area contributed by atoms with Crippen molar-refractivity contribution < 1.29 is 24.2 Å². The van der Waals surface area contributed by atoms with Gasteiger partial charge >= 0.3 is 5.97 Å². The number of nitrogens with one attached hydrogen (secondary N) is 1. The molecule has 11 nitrogen and oxygen atoms in total. The molecule has 1 spiro atoms. The monoisotopic (exact) mass is 462 g/mol. The Bertz CT molecular complexity index is 977. The summed E-state index contributed by atoms with van der Waals surface area (Å²) in [5, 5.41) is 24.1. The molecule has 1 unspecified atom stereocenters. The Labute approximate surface area is 188 Å². The summed E-state index contributed by atoms with van der Waals surface area (Å²) in [4.78, 5) is 39.8. The second-order valence-electron chi connectivity index (χ2n) is 9.30. The number of nitrogens with zero attached hydrogens (tertiary/aromatic N) is 5. The Hall–Kier alpha value is -2.31. The maximum Gasteiger partial charge on any atom is 0.353 e. The molecule has 5 rings (SSSR count). The van der Waals surface area contributed by atoms with E-state index in [1.165, 1.54) is 15.9 Å². The predicted molar refractivity (Wildman–Crippen MR) is 112 cm³/mol. The van der Waals surface area contributed by atoms with Gasteiger partial charge in [-0.05, 0) is 22.8 Å². The molecule has 4 aliphatic heterocycles. The molecule has 4 aliphatic rings. The number of aromatic nitrogens is 4. The van der Waals surface area contributed by atoms with E-state index < -0.39 is 5.97 Å². The molecular formula is C20H26N6O5S. The molecule has 32 heavy (non-hydrogen) atoms. The predicted octanol–water partition coefficient (Wildman–Crippen LogP) is -0.0946. The number of carbonyl (C=O) groups excluding carboxylic acids is 2. The van der Waals surface area contributed by atoms with Crippen LogP contribution in [0.4, 0.5) is 0 Å². The van der Waals surface area contributed by atoms with E-state index in [0.717, 1.165) is 24.4 Å². The minimum atomic E-state index is -1.07. The summed E-state index contributed by atoms with van der Waals surface area (Å²) < 4.78 is 7.34. The van der Waals surface area contributed by atoms with Crippen LogP contribution in [0.15, 0.2) is 16.9 Å². The van der Waals surface area contributed by atoms with Gasteiger partial charge in [-0.25, -0.2) is 9.48 Å². The molecule has 0 aromatic carbocycles. The molecule has 12 heteroatoms. The molecule has 3 fully saturated rings. The van der Waals surface area contributed by atoms with Crippen LogP contribution in [0.5, 0.6) is 0 Å². The van der Waals surface area contributed by atoms with Crippen molar-refractivity contribution in [2.75, 3.05) is 19.7 Å². The van der Waals surface area contributed by atoms with Crippen molar-refractivity contribution in [3.63, 3.8) is 0 Å². The molecule has 5 heterocycles. The smallest absolute Gasteiger partial charge is 0.353 e. The minimum Gasteiger partial charge on any atom is -0.477 e. The zero-order chi connectivity index (χ0) is 22.6. The van der Waals surface area contributed by atoms with Gasteiger partial charge in [0.15, 0.2) is 5.78 Å². The van der Waals surface area contributed by atoms with E-state index in [4.69, 9.17) is 4.74 Å². The zero-order valence-corrected chi connectivity index (χ0v) is 18.7. The van der Waals surface area contributed by atoms with E-state index in [0.29, 0.717) is 6.61 Å². The molecule has 1 amide bonds. The lowest BCUT2D eigenvalue weighted by Gasteiger charge is -2.47. The first-order valence-electron chi connectivity index (χ1n) is 10.8. The van der Waals surface area contributed by atoms with E-state index in [1.54, 1.807) is 11.8 Å². The molecule has 0 radical (unpaired) electrons. The van der Waals surface area contributed by atoms with Crippen molar-refractivity contribution in [2.24, 2.45) is 17.8 Å². The number of carboxylic acids is 1. The van der Waals surface area contributed by atoms with Crippen molar-refractivity contribution in [1.29, 1.82) is 0 Å². The molecule has 172 valence electrons. The molecular weight excluding hydrogens is 436 g/mol. The number of fused-ring (bicyclic) bond motifs is 1. The van der Waals surface area contributed by atoms with E-state index in [9.17, 15) is 19.5 Å². The van der Waals surface area contributed by atoms with Gasteiger partial charge in [0.25, 0.3) is 0 Å². The normalized spacial score (nSPS) is 31.4. The highest BCUT2D eigenvalue weighted by Gasteiger charge is 2.60. The van der Waals surface area contributed by atoms with Crippen LogP contribution >= 0.6 is 11.8 Å². The van der Waals surface area contributed by atoms with Crippen LogP contribution in [0.2, 0.25) is 0 Å². The van der Waals surface area contributed by atoms with Crippen LogP contribution in [0.3, 0.4) is 0 Å². The van der Waals surface area contributed by atoms with Crippen LogP contribution in [-0.4, -0.2) is 84.5 Å². The number of Topliss-reactive ketones (excluding diaryl/α,β-unsaturated/α-hetero) is 1. The van der Waals surface area contributed by atoms with E-state index in [1.807, 2.05) is 13.8 Å². The number of thioether (sulfide) groups is 1. The third-order valence-electron chi connectivity index (χ3n) is 7.05. The molecule has 5 atom stereocenters. The van der Waals surface area contributed by atoms with Crippen LogP contribution in [0.25, 0.3) is 0 Å². The van der Waals surface area contributed by atoms with Crippen LogP contribution in [-0.2, 0) is 25.7 Å². The van der Waals surface area contributed by atoms with Gasteiger partial charge in [-0.15, -0.1) is 16.9 Å². The average Bonchev–Trinajstić information content (AvgIpc) is 3.41. The topological polar surface area (TPSA) is 140 Å². The number of tetrazole rings is 1. The largest absolute Gasteiger partial charge is 0.477 e. The zero-order valence-electron chi connectivity index (χ0n) is 17.9. The standard InChI is InChI=1S/C20H26N6O5S/c1-10(3-12(27)5-25-9-22-23-24-25)14-15-11(2)17(16(19(29)30)26(15)18(14)28)32-13-4-20(31-6-13)7-21-8-20/h9-11,13-15,21H,3-8H2,1-2H3,(H,29,30)/t10-,11+,13?,14+,15+/m0/s1. The number of rotatable bonds is 8. The summed E-state index contributed by atoms with van der Waals surface area (Å²) in [6, 6.07) is -0.228. The molecule has 1 aromatic rings. The molecule has 0 bridgehead atoms. The summed E-state index contributed by atoms with van der Waals surface area (Å²) in [6.07, 6.45) is 2.46. The van der Waals surface area contributed by atoms with Crippen LogP contribution in [0.1, 0.15) is 26.7 Å². The fourth-order valence-corrected chi connectivity index (χ4v) is 6.99. The minimum absolute atomic E-state index is 0.0558. The summed E-state index contributed by atoms with van der Waals surface area (Å²) in [7, 11) is 0. The Morgan fingerprint density at radius 3 is 2.81 bits per heavy atom. The number of carbonyl (C=O) groups is 3. The van der Waals surface area contributed by atoms with Crippen molar-refractivity contribution in [3.05, 3.63) is 16.9 Å². The average molecular weight is 463 g/mol. The van der Waals surface area contributed by atoms with Gasteiger partial charge in [-0.1, -0.05) is 13.8 Å². The Kier molecular flexibility index (Phi) is 5.33. The van der Waals surface area contributed by atoms with Gasteiger partial charge in [-0.3, -0.25) is 9.59 Å². The maximum atomic E-state index is 13.0. The van der Waals surface area contributed by atoms with Crippen LogP contribution < -0.4 is 5.32 Å². The summed E-state index contributed by atoms with van der Waals surface area (Å²) in [6.45, 7) is 6.17. The number of amides is 1. The third kappa shape index (κ3) is 3.44. The molecule has 3 saturated heterocycles. The fourth-order valence-electron chi connectivity index (χ4n) is 5.46. The van der Waals surface area contributed by atoms with E-state index in [2.05, 4.69) is 20.8 Å². The van der Waals surface area contributed by atoms with Crippen molar-refractivity contribution in [3.8, 4) is 0 Å². The summed E-state index contributed by atoms with van der Waals surface area (Å²) >= 11 is 1.55. The first-order chi connectivity index (χ1) is 15.3. The number of β-lactam (4-membered cyclic amide) rings is 1. The first kappa shape index (κ1) is 21.5. The lowest BCUT2D eigenvalue weighted by atomic mass is 9.73. The number of hydrogen-bond donors (Lipinski definition) is 2. The summed E-state index contributed by atoms with van der Waals surface area (Å²) in [5.41, 5.74) is -0.0103. The van der Waals surface area contributed by atoms with E-state index >= 15 is 0 Å². The maximum absolute atomic E-state index is 13.0. The van der Waals surface area contributed by atoms with Gasteiger partial charge in [0, 0.05) is 35.6 Å². The highest BCUT2D eigenvalue weighted by Crippen LogP contribution is 2.54. The first-order valence-corrected chi connectivity index (χ1v) is 11.7. The highest BCUT2D eigenvalue weighted by molar-refractivity contribution is 8.03. The van der Waals surface area contributed by atoms with Gasteiger partial charge in [0.2, 0.25) is 5.91 Å². The van der Waals surface area contributed by atoms with Crippen LogP contribution in [0, 0.1) is 17.8 Å². The lowest BCUT2D eigenvalue weighted by Crippen LogP contribution is -2.62. The molecule has 0 saturated carbocycles. The van der Waals surface area contributed by atoms with Gasteiger partial charge in [0.05, 0.1) is 24.2 Å².